The maximum Gasteiger partial charge on any atom is 0.416 e. The van der Waals surface area contributed by atoms with E-state index in [0.29, 0.717) is 37.5 Å². The Morgan fingerprint density at radius 2 is 1.77 bits per heavy atom. The van der Waals surface area contributed by atoms with E-state index in [4.69, 9.17) is 4.74 Å². The second-order valence-electron chi connectivity index (χ2n) is 7.05. The third-order valence-corrected chi connectivity index (χ3v) is 5.01. The zero-order valence-electron chi connectivity index (χ0n) is 15.9. The molecule has 0 spiro atoms. The van der Waals surface area contributed by atoms with E-state index in [9.17, 15) is 18.0 Å². The summed E-state index contributed by atoms with van der Waals surface area (Å²) in [7, 11) is 0. The van der Waals surface area contributed by atoms with E-state index in [1.54, 1.807) is 11.1 Å². The number of benzene rings is 2. The number of nitrogens with zero attached hydrogens (tertiary/aromatic N) is 3. The number of amides is 2. The van der Waals surface area contributed by atoms with Crippen LogP contribution >= 0.6 is 0 Å². The van der Waals surface area contributed by atoms with Gasteiger partial charge in [0.15, 0.2) is 0 Å². The molecule has 30 heavy (non-hydrogen) atoms. The number of likely N-dealkylation sites (tertiary alicyclic amines) is 1. The summed E-state index contributed by atoms with van der Waals surface area (Å²) < 4.78 is 43.9. The highest BCUT2D eigenvalue weighted by Crippen LogP contribution is 2.30. The summed E-state index contributed by atoms with van der Waals surface area (Å²) >= 11 is 0. The van der Waals surface area contributed by atoms with Crippen molar-refractivity contribution < 1.29 is 22.7 Å². The number of piperidine rings is 1. The number of rotatable bonds is 3. The Kier molecular flexibility index (Phi) is 5.43. The Bertz CT molecular complexity index is 1030. The van der Waals surface area contributed by atoms with Crippen LogP contribution in [-0.2, 0) is 6.18 Å². The lowest BCUT2D eigenvalue weighted by molar-refractivity contribution is -0.137. The number of hydrogen-bond donors (Lipinski definition) is 1. The summed E-state index contributed by atoms with van der Waals surface area (Å²) in [5, 5.41) is 12.5. The fourth-order valence-corrected chi connectivity index (χ4v) is 3.37. The van der Waals surface area contributed by atoms with Gasteiger partial charge in [0, 0.05) is 42.4 Å². The first kappa shape index (κ1) is 19.9. The van der Waals surface area contributed by atoms with E-state index in [1.807, 2.05) is 24.3 Å². The summed E-state index contributed by atoms with van der Waals surface area (Å²) in [6, 6.07) is 11.7. The molecule has 2 aromatic carbocycles. The van der Waals surface area contributed by atoms with Gasteiger partial charge < -0.3 is 15.0 Å². The molecule has 3 aromatic rings. The van der Waals surface area contributed by atoms with Gasteiger partial charge in [-0.15, -0.1) is 5.10 Å². The summed E-state index contributed by atoms with van der Waals surface area (Å²) in [5.74, 6) is 0.473. The zero-order valence-corrected chi connectivity index (χ0v) is 15.9. The van der Waals surface area contributed by atoms with Gasteiger partial charge >= 0.3 is 12.2 Å². The number of carbonyl (C=O) groups excluding carboxylic acids is 1. The smallest absolute Gasteiger partial charge is 0.416 e. The standard InChI is InChI=1S/C21H19F3N4O2/c22-21(23,24)15-5-7-16(8-6-15)26-20(29)28-11-9-17(10-12-28)30-19-18-4-2-1-3-14(18)13-25-27-19/h1-8,13,17H,9-12H2,(H,26,29). The highest BCUT2D eigenvalue weighted by Gasteiger charge is 2.30. The first-order valence-corrected chi connectivity index (χ1v) is 9.50. The molecule has 0 aliphatic carbocycles. The molecule has 1 aliphatic rings. The summed E-state index contributed by atoms with van der Waals surface area (Å²) in [6.07, 6.45) is -1.59. The number of hydrogen-bond acceptors (Lipinski definition) is 4. The van der Waals surface area contributed by atoms with Crippen LogP contribution < -0.4 is 10.1 Å². The molecule has 0 bridgehead atoms. The number of alkyl halides is 3. The van der Waals surface area contributed by atoms with Gasteiger partial charge in [0.25, 0.3) is 0 Å². The number of anilines is 1. The third kappa shape index (κ3) is 4.45. The molecule has 1 saturated heterocycles. The summed E-state index contributed by atoms with van der Waals surface area (Å²) in [5.41, 5.74) is -0.438. The van der Waals surface area contributed by atoms with Crippen molar-refractivity contribution in [1.82, 2.24) is 15.1 Å². The SMILES string of the molecule is O=C(Nc1ccc(C(F)(F)F)cc1)N1CCC(Oc2nncc3ccccc23)CC1. The Hall–Kier alpha value is -3.36. The second kappa shape index (κ2) is 8.17. The first-order chi connectivity index (χ1) is 14.4. The highest BCUT2D eigenvalue weighted by molar-refractivity contribution is 5.89. The van der Waals surface area contributed by atoms with Gasteiger partial charge in [0.05, 0.1) is 11.8 Å². The molecule has 156 valence electrons. The quantitative estimate of drug-likeness (QED) is 0.671. The van der Waals surface area contributed by atoms with Gasteiger partial charge in [-0.2, -0.15) is 18.3 Å². The second-order valence-corrected chi connectivity index (χ2v) is 7.05. The Morgan fingerprint density at radius 1 is 1.07 bits per heavy atom. The van der Waals surface area contributed by atoms with Crippen molar-refractivity contribution in [2.75, 3.05) is 18.4 Å². The number of nitrogens with one attached hydrogen (secondary N) is 1. The van der Waals surface area contributed by atoms with Gasteiger partial charge in [-0.3, -0.25) is 0 Å². The largest absolute Gasteiger partial charge is 0.473 e. The highest BCUT2D eigenvalue weighted by atomic mass is 19.4. The summed E-state index contributed by atoms with van der Waals surface area (Å²) in [4.78, 5) is 14.0. The molecule has 9 heteroatoms. The minimum absolute atomic E-state index is 0.0970. The average Bonchev–Trinajstić information content (AvgIpc) is 2.74. The topological polar surface area (TPSA) is 67.4 Å². The maximum absolute atomic E-state index is 12.6. The lowest BCUT2D eigenvalue weighted by Gasteiger charge is -2.32. The van der Waals surface area contributed by atoms with Gasteiger partial charge in [-0.1, -0.05) is 18.2 Å². The molecule has 4 rings (SSSR count). The Labute approximate surface area is 170 Å². The lowest BCUT2D eigenvalue weighted by Crippen LogP contribution is -2.43. The molecule has 2 amide bonds. The van der Waals surface area contributed by atoms with Gasteiger partial charge in [0.2, 0.25) is 5.88 Å². The van der Waals surface area contributed by atoms with Crippen molar-refractivity contribution in [1.29, 1.82) is 0 Å². The van der Waals surface area contributed by atoms with Gasteiger partial charge in [0.1, 0.15) is 6.10 Å². The number of aromatic nitrogens is 2. The predicted molar refractivity (Wildman–Crippen MR) is 105 cm³/mol. The van der Waals surface area contributed by atoms with E-state index >= 15 is 0 Å². The maximum atomic E-state index is 12.6. The molecule has 1 aliphatic heterocycles. The number of urea groups is 1. The fourth-order valence-electron chi connectivity index (χ4n) is 3.37. The van der Waals surface area contributed by atoms with Crippen molar-refractivity contribution in [3.05, 3.63) is 60.3 Å². The fraction of sp³-hybridized carbons (Fsp3) is 0.286. The number of halogens is 3. The number of ether oxygens (including phenoxy) is 1. The van der Waals surface area contributed by atoms with Crippen molar-refractivity contribution in [2.45, 2.75) is 25.1 Å². The lowest BCUT2D eigenvalue weighted by atomic mass is 10.1. The van der Waals surface area contributed by atoms with Crippen LogP contribution in [0.25, 0.3) is 10.8 Å². The van der Waals surface area contributed by atoms with Gasteiger partial charge in [-0.25, -0.2) is 4.79 Å². The van der Waals surface area contributed by atoms with Crippen molar-refractivity contribution in [3.8, 4) is 5.88 Å². The molecular weight excluding hydrogens is 397 g/mol. The van der Waals surface area contributed by atoms with Crippen LogP contribution in [0.1, 0.15) is 18.4 Å². The molecule has 0 radical (unpaired) electrons. The van der Waals surface area contributed by atoms with Crippen LogP contribution in [0.4, 0.5) is 23.7 Å². The van der Waals surface area contributed by atoms with Crippen molar-refractivity contribution in [2.24, 2.45) is 0 Å². The molecule has 1 N–H and O–H groups in total. The van der Waals surface area contributed by atoms with E-state index in [0.717, 1.165) is 22.9 Å². The number of fused-ring (bicyclic) bond motifs is 1. The van der Waals surface area contributed by atoms with Gasteiger partial charge in [-0.05, 0) is 30.3 Å². The van der Waals surface area contributed by atoms with E-state index in [1.165, 1.54) is 12.1 Å². The zero-order chi connectivity index (χ0) is 21.1. The van der Waals surface area contributed by atoms with Crippen LogP contribution in [-0.4, -0.2) is 40.3 Å². The molecule has 1 fully saturated rings. The third-order valence-electron chi connectivity index (χ3n) is 5.01. The average molecular weight is 416 g/mol. The predicted octanol–water partition coefficient (Wildman–Crippen LogP) is 4.72. The number of carbonyl (C=O) groups is 1. The minimum Gasteiger partial charge on any atom is -0.473 e. The van der Waals surface area contributed by atoms with E-state index in [-0.39, 0.29) is 12.1 Å². The van der Waals surface area contributed by atoms with Crippen molar-refractivity contribution >= 4 is 22.5 Å². The van der Waals surface area contributed by atoms with E-state index < -0.39 is 11.7 Å². The molecule has 0 saturated carbocycles. The van der Waals surface area contributed by atoms with Crippen LogP contribution in [0.15, 0.2) is 54.7 Å². The van der Waals surface area contributed by atoms with E-state index in [2.05, 4.69) is 15.5 Å². The van der Waals surface area contributed by atoms with Crippen molar-refractivity contribution in [3.63, 3.8) is 0 Å². The first-order valence-electron chi connectivity index (χ1n) is 9.50. The van der Waals surface area contributed by atoms with Crippen LogP contribution in [0.3, 0.4) is 0 Å². The van der Waals surface area contributed by atoms with Crippen LogP contribution in [0.2, 0.25) is 0 Å². The Balaban J connectivity index is 1.32. The molecule has 2 heterocycles. The minimum atomic E-state index is -4.40. The molecule has 1 aromatic heterocycles. The van der Waals surface area contributed by atoms with Crippen LogP contribution in [0, 0.1) is 0 Å². The normalized spacial score (nSPS) is 15.2. The molecular formula is C21H19F3N4O2. The molecule has 0 atom stereocenters. The summed E-state index contributed by atoms with van der Waals surface area (Å²) in [6.45, 7) is 0.935. The Morgan fingerprint density at radius 3 is 2.47 bits per heavy atom. The molecule has 0 unspecified atom stereocenters. The monoisotopic (exact) mass is 416 g/mol. The van der Waals surface area contributed by atoms with Crippen LogP contribution in [0.5, 0.6) is 5.88 Å². The molecule has 6 nitrogen and oxygen atoms in total.